The summed E-state index contributed by atoms with van der Waals surface area (Å²) in [4.78, 5) is 25.9. The summed E-state index contributed by atoms with van der Waals surface area (Å²) < 4.78 is 13.2. The van der Waals surface area contributed by atoms with Crippen LogP contribution in [-0.4, -0.2) is 40.3 Å². The van der Waals surface area contributed by atoms with Gasteiger partial charge in [0.15, 0.2) is 0 Å². The molecular formula is C17H18FN3O2. The van der Waals surface area contributed by atoms with Gasteiger partial charge < -0.3 is 4.90 Å². The first-order valence-corrected chi connectivity index (χ1v) is 7.64. The van der Waals surface area contributed by atoms with E-state index in [1.165, 1.54) is 0 Å². The summed E-state index contributed by atoms with van der Waals surface area (Å²) >= 11 is 0. The van der Waals surface area contributed by atoms with Gasteiger partial charge in [0.25, 0.3) is 11.5 Å². The van der Waals surface area contributed by atoms with Crippen LogP contribution in [0.2, 0.25) is 0 Å². The van der Waals surface area contributed by atoms with E-state index in [1.54, 1.807) is 42.2 Å². The van der Waals surface area contributed by atoms with Gasteiger partial charge in [-0.15, -0.1) is 0 Å². The first-order chi connectivity index (χ1) is 11.0. The van der Waals surface area contributed by atoms with Crippen LogP contribution in [0, 0.1) is 6.92 Å². The Labute approximate surface area is 133 Å². The average molecular weight is 315 g/mol. The fourth-order valence-corrected chi connectivity index (χ4v) is 2.75. The number of hydrogen-bond acceptors (Lipinski definition) is 3. The Bertz CT molecular complexity index is 762. The number of benzene rings is 1. The Morgan fingerprint density at radius 3 is 2.57 bits per heavy atom. The van der Waals surface area contributed by atoms with Crippen molar-refractivity contribution in [2.45, 2.75) is 25.9 Å². The van der Waals surface area contributed by atoms with Gasteiger partial charge >= 0.3 is 0 Å². The molecule has 2 heterocycles. The number of aromatic nitrogens is 2. The molecule has 6 heteroatoms. The molecule has 1 N–H and O–H groups in total. The Kier molecular flexibility index (Phi) is 4.23. The maximum absolute atomic E-state index is 13.2. The molecule has 1 aliphatic rings. The largest absolute Gasteiger partial charge is 0.338 e. The van der Waals surface area contributed by atoms with Crippen LogP contribution >= 0.6 is 0 Å². The fraction of sp³-hybridized carbons (Fsp3) is 0.353. The molecule has 120 valence electrons. The van der Waals surface area contributed by atoms with Crippen LogP contribution in [0.15, 0.2) is 35.1 Å². The average Bonchev–Trinajstić information content (AvgIpc) is 2.57. The number of hydrogen-bond donors (Lipinski definition) is 1. The van der Waals surface area contributed by atoms with Gasteiger partial charge in [-0.1, -0.05) is 12.1 Å². The molecule has 1 aromatic carbocycles. The number of nitrogens with zero attached hydrogens (tertiary/aromatic N) is 2. The summed E-state index contributed by atoms with van der Waals surface area (Å²) in [5.41, 5.74) is 2.26. The molecule has 0 spiro atoms. The zero-order valence-electron chi connectivity index (χ0n) is 12.9. The molecule has 3 rings (SSSR count). The number of piperidine rings is 1. The Morgan fingerprint density at radius 2 is 1.91 bits per heavy atom. The number of likely N-dealkylation sites (tertiary alicyclic amines) is 1. The van der Waals surface area contributed by atoms with E-state index < -0.39 is 6.17 Å². The van der Waals surface area contributed by atoms with Gasteiger partial charge in [-0.2, -0.15) is 5.10 Å². The number of carbonyl (C=O) groups excluding carboxylic acids is 1. The zero-order valence-corrected chi connectivity index (χ0v) is 12.9. The van der Waals surface area contributed by atoms with E-state index in [2.05, 4.69) is 10.2 Å². The van der Waals surface area contributed by atoms with Crippen LogP contribution in [0.1, 0.15) is 28.9 Å². The van der Waals surface area contributed by atoms with E-state index in [1.807, 2.05) is 0 Å². The van der Waals surface area contributed by atoms with E-state index in [0.717, 1.165) is 5.56 Å². The van der Waals surface area contributed by atoms with Crippen LogP contribution in [0.4, 0.5) is 4.39 Å². The summed E-state index contributed by atoms with van der Waals surface area (Å²) in [6, 6.07) is 8.61. The highest BCUT2D eigenvalue weighted by Gasteiger charge is 2.23. The predicted molar refractivity (Wildman–Crippen MR) is 85.1 cm³/mol. The lowest BCUT2D eigenvalue weighted by Gasteiger charge is -2.28. The van der Waals surface area contributed by atoms with E-state index in [4.69, 9.17) is 0 Å². The number of alkyl halides is 1. The smallest absolute Gasteiger partial charge is 0.272 e. The molecule has 1 aliphatic heterocycles. The van der Waals surface area contributed by atoms with Crippen molar-refractivity contribution in [2.24, 2.45) is 0 Å². The molecule has 1 aromatic heterocycles. The lowest BCUT2D eigenvalue weighted by atomic mass is 10.0. The van der Waals surface area contributed by atoms with Crippen molar-refractivity contribution in [3.63, 3.8) is 0 Å². The van der Waals surface area contributed by atoms with Crippen LogP contribution in [-0.2, 0) is 0 Å². The number of halogens is 1. The van der Waals surface area contributed by atoms with Crippen LogP contribution in [0.25, 0.3) is 11.1 Å². The second-order valence-electron chi connectivity index (χ2n) is 5.80. The Balaban J connectivity index is 1.80. The molecule has 0 aliphatic carbocycles. The highest BCUT2D eigenvalue weighted by molar-refractivity contribution is 5.94. The molecule has 23 heavy (non-hydrogen) atoms. The molecule has 1 amide bonds. The first kappa shape index (κ1) is 15.4. The third kappa shape index (κ3) is 3.31. The highest BCUT2D eigenvalue weighted by atomic mass is 19.1. The lowest BCUT2D eigenvalue weighted by molar-refractivity contribution is 0.0667. The third-order valence-electron chi connectivity index (χ3n) is 4.09. The van der Waals surface area contributed by atoms with Gasteiger partial charge in [0.05, 0.1) is 11.3 Å². The number of aromatic amines is 1. The summed E-state index contributed by atoms with van der Waals surface area (Å²) in [5, 5.41) is 6.29. The number of aryl methyl sites for hydroxylation is 1. The predicted octanol–water partition coefficient (Wildman–Crippen LogP) is 2.32. The molecule has 0 saturated carbocycles. The van der Waals surface area contributed by atoms with Crippen molar-refractivity contribution < 1.29 is 9.18 Å². The highest BCUT2D eigenvalue weighted by Crippen LogP contribution is 2.19. The SMILES string of the molecule is Cc1cc(-c2ccc(C(=O)N3CCC(F)CC3)cc2)c(=O)[nH]n1. The summed E-state index contributed by atoms with van der Waals surface area (Å²) in [6.07, 6.45) is -0.00609. The summed E-state index contributed by atoms with van der Waals surface area (Å²) in [6.45, 7) is 2.70. The second kappa shape index (κ2) is 6.32. The van der Waals surface area contributed by atoms with E-state index in [-0.39, 0.29) is 11.5 Å². The van der Waals surface area contributed by atoms with Crippen molar-refractivity contribution in [1.82, 2.24) is 15.1 Å². The van der Waals surface area contributed by atoms with E-state index >= 15 is 0 Å². The van der Waals surface area contributed by atoms with Crippen molar-refractivity contribution in [2.75, 3.05) is 13.1 Å². The van der Waals surface area contributed by atoms with Gasteiger partial charge in [-0.3, -0.25) is 9.59 Å². The normalized spacial score (nSPS) is 15.7. The van der Waals surface area contributed by atoms with Gasteiger partial charge in [0.1, 0.15) is 6.17 Å². The fourth-order valence-electron chi connectivity index (χ4n) is 2.75. The molecule has 1 fully saturated rings. The lowest BCUT2D eigenvalue weighted by Crippen LogP contribution is -2.39. The molecule has 0 radical (unpaired) electrons. The summed E-state index contributed by atoms with van der Waals surface area (Å²) in [5.74, 6) is -0.0942. The number of H-pyrrole nitrogens is 1. The quantitative estimate of drug-likeness (QED) is 0.925. The van der Waals surface area contributed by atoms with E-state index in [9.17, 15) is 14.0 Å². The monoisotopic (exact) mass is 315 g/mol. The van der Waals surface area contributed by atoms with Gasteiger partial charge in [-0.25, -0.2) is 9.49 Å². The Morgan fingerprint density at radius 1 is 1.26 bits per heavy atom. The topological polar surface area (TPSA) is 66.1 Å². The minimum Gasteiger partial charge on any atom is -0.338 e. The van der Waals surface area contributed by atoms with Gasteiger partial charge in [0.2, 0.25) is 0 Å². The molecule has 2 aromatic rings. The molecule has 0 atom stereocenters. The zero-order chi connectivity index (χ0) is 16.4. The summed E-state index contributed by atoms with van der Waals surface area (Å²) in [7, 11) is 0. The van der Waals surface area contributed by atoms with E-state index in [0.29, 0.717) is 42.8 Å². The van der Waals surface area contributed by atoms with Crippen molar-refractivity contribution in [3.8, 4) is 11.1 Å². The van der Waals surface area contributed by atoms with Crippen LogP contribution in [0.5, 0.6) is 0 Å². The number of amides is 1. The number of rotatable bonds is 2. The molecule has 0 unspecified atom stereocenters. The minimum absolute atomic E-state index is 0.0942. The maximum atomic E-state index is 13.2. The maximum Gasteiger partial charge on any atom is 0.272 e. The minimum atomic E-state index is -0.803. The van der Waals surface area contributed by atoms with Gasteiger partial charge in [0, 0.05) is 18.7 Å². The third-order valence-corrected chi connectivity index (χ3v) is 4.09. The van der Waals surface area contributed by atoms with Gasteiger partial charge in [-0.05, 0) is 43.5 Å². The molecule has 0 bridgehead atoms. The molecule has 5 nitrogen and oxygen atoms in total. The second-order valence-corrected chi connectivity index (χ2v) is 5.80. The van der Waals surface area contributed by atoms with Crippen molar-refractivity contribution in [3.05, 3.63) is 51.9 Å². The van der Waals surface area contributed by atoms with Crippen LogP contribution < -0.4 is 5.56 Å². The number of nitrogens with one attached hydrogen (secondary N) is 1. The molecular weight excluding hydrogens is 297 g/mol. The number of carbonyl (C=O) groups is 1. The van der Waals surface area contributed by atoms with Crippen molar-refractivity contribution >= 4 is 5.91 Å². The molecule has 1 saturated heterocycles. The first-order valence-electron chi connectivity index (χ1n) is 7.64. The van der Waals surface area contributed by atoms with Crippen molar-refractivity contribution in [1.29, 1.82) is 0 Å². The van der Waals surface area contributed by atoms with Crippen LogP contribution in [0.3, 0.4) is 0 Å². The standard InChI is InChI=1S/C17H18FN3O2/c1-11-10-15(16(22)20-19-11)12-2-4-13(5-3-12)17(23)21-8-6-14(18)7-9-21/h2-5,10,14H,6-9H2,1H3,(H,20,22). The Hall–Kier alpha value is -2.50.